The van der Waals surface area contributed by atoms with Crippen LogP contribution >= 0.6 is 0 Å². The number of fused-ring (bicyclic) bond motifs is 1. The highest BCUT2D eigenvalue weighted by molar-refractivity contribution is 7.91. The number of carbonyl (C=O) groups is 1. The number of benzene rings is 1. The van der Waals surface area contributed by atoms with Crippen LogP contribution in [0.15, 0.2) is 18.2 Å². The van der Waals surface area contributed by atoms with Gasteiger partial charge in [-0.15, -0.1) is 0 Å². The van der Waals surface area contributed by atoms with Crippen LogP contribution in [0.5, 0.6) is 0 Å². The van der Waals surface area contributed by atoms with Gasteiger partial charge in [0.2, 0.25) is 10.0 Å². The van der Waals surface area contributed by atoms with E-state index in [1.165, 1.54) is 7.11 Å². The Bertz CT molecular complexity index is 837. The first-order valence-electron chi connectivity index (χ1n) is 6.91. The van der Waals surface area contributed by atoms with Gasteiger partial charge in [-0.3, -0.25) is 0 Å². The number of hydrogen-bond acceptors (Lipinski definition) is 5. The molecule has 0 amide bonds. The van der Waals surface area contributed by atoms with Gasteiger partial charge in [0.1, 0.15) is 5.82 Å². The fourth-order valence-corrected chi connectivity index (χ4v) is 3.49. The van der Waals surface area contributed by atoms with E-state index in [9.17, 15) is 13.2 Å². The summed E-state index contributed by atoms with van der Waals surface area (Å²) in [6, 6.07) is 4.95. The third-order valence-corrected chi connectivity index (χ3v) is 6.21. The number of sulfonamides is 1. The normalized spacial score (nSPS) is 16.6. The average Bonchev–Trinajstić information content (AvgIpc) is 3.13. The van der Waals surface area contributed by atoms with Gasteiger partial charge in [-0.25, -0.2) is 22.9 Å². The molecule has 0 radical (unpaired) electrons. The molecule has 1 heterocycles. The quantitative estimate of drug-likeness (QED) is 0.808. The van der Waals surface area contributed by atoms with E-state index in [0.717, 1.165) is 0 Å². The Morgan fingerprint density at radius 1 is 1.45 bits per heavy atom. The van der Waals surface area contributed by atoms with Crippen molar-refractivity contribution >= 4 is 27.0 Å². The van der Waals surface area contributed by atoms with Gasteiger partial charge in [-0.05, 0) is 38.0 Å². The molecule has 1 aromatic carbocycles. The second-order valence-electron chi connectivity index (χ2n) is 5.68. The van der Waals surface area contributed by atoms with Crippen molar-refractivity contribution in [3.63, 3.8) is 0 Å². The number of rotatable bonds is 5. The molecule has 2 N–H and O–H groups in total. The summed E-state index contributed by atoms with van der Waals surface area (Å²) >= 11 is 0. The molecular weight excluding hydrogens is 306 g/mol. The third kappa shape index (κ3) is 2.59. The maximum absolute atomic E-state index is 12.1. The van der Waals surface area contributed by atoms with Gasteiger partial charge in [0, 0.05) is 0 Å². The molecule has 7 nitrogen and oxygen atoms in total. The Hall–Kier alpha value is -1.93. The van der Waals surface area contributed by atoms with Crippen LogP contribution in [0.3, 0.4) is 0 Å². The number of H-pyrrole nitrogens is 1. The summed E-state index contributed by atoms with van der Waals surface area (Å²) in [5.41, 5.74) is 1.74. The molecule has 0 bridgehead atoms. The van der Waals surface area contributed by atoms with Crippen LogP contribution in [0.2, 0.25) is 0 Å². The summed E-state index contributed by atoms with van der Waals surface area (Å²) in [6.07, 6.45) is 1.37. The summed E-state index contributed by atoms with van der Waals surface area (Å²) in [7, 11) is -2.01. The third-order valence-electron chi connectivity index (χ3n) is 3.98. The molecule has 2 aromatic rings. The molecule has 1 aliphatic carbocycles. The number of ether oxygens (including phenoxy) is 1. The Kier molecular flexibility index (Phi) is 3.45. The second-order valence-corrected chi connectivity index (χ2v) is 7.96. The first-order chi connectivity index (χ1) is 10.3. The van der Waals surface area contributed by atoms with E-state index in [-0.39, 0.29) is 6.54 Å². The van der Waals surface area contributed by atoms with Crippen LogP contribution in [-0.2, 0) is 21.3 Å². The second kappa shape index (κ2) is 5.06. The van der Waals surface area contributed by atoms with Crippen molar-refractivity contribution in [2.75, 3.05) is 7.11 Å². The minimum absolute atomic E-state index is 0.0974. The molecule has 8 heteroatoms. The van der Waals surface area contributed by atoms with Gasteiger partial charge < -0.3 is 9.72 Å². The maximum Gasteiger partial charge on any atom is 0.337 e. The highest BCUT2D eigenvalue weighted by Crippen LogP contribution is 2.42. The molecule has 118 valence electrons. The minimum atomic E-state index is -3.33. The lowest BCUT2D eigenvalue weighted by Crippen LogP contribution is -2.33. The zero-order valence-electron chi connectivity index (χ0n) is 12.3. The lowest BCUT2D eigenvalue weighted by molar-refractivity contribution is 0.0601. The van der Waals surface area contributed by atoms with Gasteiger partial charge >= 0.3 is 5.97 Å². The molecule has 1 fully saturated rings. The van der Waals surface area contributed by atoms with Crippen molar-refractivity contribution in [3.05, 3.63) is 29.6 Å². The molecule has 0 spiro atoms. The Morgan fingerprint density at radius 3 is 2.82 bits per heavy atom. The van der Waals surface area contributed by atoms with E-state index in [1.54, 1.807) is 25.1 Å². The van der Waals surface area contributed by atoms with Crippen molar-refractivity contribution in [2.24, 2.45) is 0 Å². The topological polar surface area (TPSA) is 101 Å². The average molecular weight is 323 g/mol. The first-order valence-corrected chi connectivity index (χ1v) is 8.39. The molecule has 0 atom stereocenters. The van der Waals surface area contributed by atoms with Crippen molar-refractivity contribution in [2.45, 2.75) is 31.1 Å². The lowest BCUT2D eigenvalue weighted by Gasteiger charge is -2.10. The zero-order chi connectivity index (χ0) is 16.0. The number of aromatic nitrogens is 2. The molecule has 1 saturated carbocycles. The predicted octanol–water partition coefficient (Wildman–Crippen LogP) is 1.32. The van der Waals surface area contributed by atoms with Gasteiger partial charge in [0.15, 0.2) is 0 Å². The van der Waals surface area contributed by atoms with Crippen molar-refractivity contribution in [1.29, 1.82) is 0 Å². The van der Waals surface area contributed by atoms with Gasteiger partial charge in [-0.2, -0.15) is 0 Å². The van der Waals surface area contributed by atoms with Crippen molar-refractivity contribution in [3.8, 4) is 0 Å². The van der Waals surface area contributed by atoms with Gasteiger partial charge in [-0.1, -0.05) is 0 Å². The van der Waals surface area contributed by atoms with E-state index in [2.05, 4.69) is 19.4 Å². The van der Waals surface area contributed by atoms with Gasteiger partial charge in [0.05, 0.1) is 35.0 Å². The summed E-state index contributed by atoms with van der Waals surface area (Å²) < 4.78 is 30.7. The standard InChI is InChI=1S/C14H17N3O4S/c1-14(5-6-14)22(19,20)15-8-12-16-10-4-3-9(13(18)21-2)7-11(10)17-12/h3-4,7,15H,5-6,8H2,1-2H3,(H,16,17). The highest BCUT2D eigenvalue weighted by atomic mass is 32.2. The van der Waals surface area contributed by atoms with Crippen LogP contribution in [0, 0.1) is 0 Å². The van der Waals surface area contributed by atoms with Crippen LogP contribution in [-0.4, -0.2) is 36.2 Å². The zero-order valence-corrected chi connectivity index (χ0v) is 13.2. The van der Waals surface area contributed by atoms with E-state index in [0.29, 0.717) is 35.3 Å². The van der Waals surface area contributed by atoms with E-state index in [1.807, 2.05) is 0 Å². The highest BCUT2D eigenvalue weighted by Gasteiger charge is 2.49. The van der Waals surface area contributed by atoms with E-state index in [4.69, 9.17) is 0 Å². The van der Waals surface area contributed by atoms with Crippen molar-refractivity contribution < 1.29 is 17.9 Å². The molecule has 0 saturated heterocycles. The Labute approximate surface area is 128 Å². The van der Waals surface area contributed by atoms with Crippen LogP contribution < -0.4 is 4.72 Å². The van der Waals surface area contributed by atoms with Gasteiger partial charge in [0.25, 0.3) is 0 Å². The summed E-state index contributed by atoms with van der Waals surface area (Å²) in [5, 5.41) is 0. The van der Waals surface area contributed by atoms with Crippen LogP contribution in [0.25, 0.3) is 11.0 Å². The molecule has 1 aromatic heterocycles. The fourth-order valence-electron chi connectivity index (χ4n) is 2.17. The molecule has 1 aliphatic rings. The monoisotopic (exact) mass is 323 g/mol. The molecule has 3 rings (SSSR count). The number of hydrogen-bond donors (Lipinski definition) is 2. The largest absolute Gasteiger partial charge is 0.465 e. The Morgan fingerprint density at radius 2 is 2.18 bits per heavy atom. The Balaban J connectivity index is 1.79. The lowest BCUT2D eigenvalue weighted by atomic mass is 10.2. The summed E-state index contributed by atoms with van der Waals surface area (Å²) in [4.78, 5) is 18.8. The van der Waals surface area contributed by atoms with Crippen LogP contribution in [0.4, 0.5) is 0 Å². The predicted molar refractivity (Wildman–Crippen MR) is 80.8 cm³/mol. The molecule has 22 heavy (non-hydrogen) atoms. The van der Waals surface area contributed by atoms with E-state index >= 15 is 0 Å². The number of nitrogens with one attached hydrogen (secondary N) is 2. The number of imidazole rings is 1. The number of nitrogens with zero attached hydrogens (tertiary/aromatic N) is 1. The van der Waals surface area contributed by atoms with Crippen molar-refractivity contribution in [1.82, 2.24) is 14.7 Å². The smallest absolute Gasteiger partial charge is 0.337 e. The summed E-state index contributed by atoms with van der Waals surface area (Å²) in [6.45, 7) is 1.83. The molecule has 0 aliphatic heterocycles. The minimum Gasteiger partial charge on any atom is -0.465 e. The first kappa shape index (κ1) is 15.0. The summed E-state index contributed by atoms with van der Waals surface area (Å²) in [5.74, 6) is 0.0743. The number of methoxy groups -OCH3 is 1. The van der Waals surface area contributed by atoms with E-state index < -0.39 is 20.7 Å². The molecular formula is C14H17N3O4S. The molecule has 0 unspecified atom stereocenters. The number of carbonyl (C=O) groups excluding carboxylic acids is 1. The number of esters is 1. The van der Waals surface area contributed by atoms with Crippen LogP contribution in [0.1, 0.15) is 35.9 Å². The fraction of sp³-hybridized carbons (Fsp3) is 0.429. The number of aromatic amines is 1. The maximum atomic E-state index is 12.1. The SMILES string of the molecule is COC(=O)c1ccc2nc(CNS(=O)(=O)C3(C)CC3)[nH]c2c1.